The number of rotatable bonds is 7. The molecular formula is C54H63N3O7S12. The van der Waals surface area contributed by atoms with Crippen molar-refractivity contribution in [3.05, 3.63) is 39.3 Å². The maximum absolute atomic E-state index is 15.8. The summed E-state index contributed by atoms with van der Waals surface area (Å²) in [6, 6.07) is 0. The number of carboxylic acids is 2. The van der Waals surface area contributed by atoms with E-state index in [0.717, 1.165) is 86.4 Å². The van der Waals surface area contributed by atoms with Gasteiger partial charge < -0.3 is 20.0 Å². The molecule has 2 N–H and O–H groups in total. The normalized spacial score (nSPS) is 24.6. The van der Waals surface area contributed by atoms with Gasteiger partial charge >= 0.3 is 11.9 Å². The van der Waals surface area contributed by atoms with E-state index in [0.29, 0.717) is 55.7 Å². The quantitative estimate of drug-likeness (QED) is 0.217. The van der Waals surface area contributed by atoms with E-state index in [1.54, 1.807) is 141 Å². The molecule has 8 aliphatic rings. The van der Waals surface area contributed by atoms with Gasteiger partial charge in [0.25, 0.3) is 5.91 Å². The van der Waals surface area contributed by atoms with Gasteiger partial charge in [-0.15, -0.1) is 151 Å². The number of hydrogen-bond acceptors (Lipinski definition) is 17. The van der Waals surface area contributed by atoms with Crippen molar-refractivity contribution in [2.24, 2.45) is 5.92 Å². The first-order chi connectivity index (χ1) is 34.9. The molecule has 0 saturated carbocycles. The van der Waals surface area contributed by atoms with Gasteiger partial charge in [0, 0.05) is 102 Å². The van der Waals surface area contributed by atoms with E-state index in [-0.39, 0.29) is 17.7 Å². The summed E-state index contributed by atoms with van der Waals surface area (Å²) in [6.07, 6.45) is 0.966. The summed E-state index contributed by atoms with van der Waals surface area (Å²) >= 11 is 20.4. The van der Waals surface area contributed by atoms with Gasteiger partial charge in [-0.05, 0) is 140 Å². The SMILES string of the molecule is CC1(C)Sc2c(c(C(=O)O)c3c(c2[C](c2c4c(c(C(=O)O)c5c2SC(C)(C)S5)SC(C)(C)S4)c2c4c(c(C(=O)N5CCN(C(=O)C6CC(C)(C)N([O])C(C)(C)C6)CC5)c5c2SC(C)(C)S5)SC(C)(C)S4)SC(C)(C)S3)S1. The molecule has 0 atom stereocenters. The number of aromatic carboxylic acids is 2. The minimum atomic E-state index is -0.943. The Bertz CT molecular complexity index is 2880. The molecule has 76 heavy (non-hydrogen) atoms. The lowest BCUT2D eigenvalue weighted by Crippen LogP contribution is -2.61. The number of nitrogens with zero attached hydrogens (tertiary/aromatic N) is 3. The van der Waals surface area contributed by atoms with Crippen molar-refractivity contribution in [2.45, 2.75) is 218 Å². The van der Waals surface area contributed by atoms with E-state index in [4.69, 9.17) is 0 Å². The van der Waals surface area contributed by atoms with Crippen LogP contribution < -0.4 is 0 Å². The molecule has 0 unspecified atom stereocenters. The molecule has 11 rings (SSSR count). The first kappa shape index (κ1) is 57.5. The summed E-state index contributed by atoms with van der Waals surface area (Å²) < 4.78 is -2.40. The molecular weight excluding hydrogens is 1190 g/mol. The number of fused-ring (bicyclic) bond motifs is 6. The van der Waals surface area contributed by atoms with Crippen molar-refractivity contribution in [1.29, 1.82) is 0 Å². The fourth-order valence-corrected chi connectivity index (χ4v) is 29.6. The smallest absolute Gasteiger partial charge is 0.338 e. The lowest BCUT2D eigenvalue weighted by molar-refractivity contribution is -0.293. The Labute approximate surface area is 498 Å². The average Bonchev–Trinajstić information content (AvgIpc) is 4.09. The van der Waals surface area contributed by atoms with Crippen molar-refractivity contribution in [3.8, 4) is 0 Å². The molecule has 2 radical (unpaired) electrons. The molecule has 0 aromatic heterocycles. The maximum atomic E-state index is 15.8. The van der Waals surface area contributed by atoms with Crippen LogP contribution in [-0.4, -0.2) is 111 Å². The Morgan fingerprint density at radius 2 is 0.592 bits per heavy atom. The summed E-state index contributed by atoms with van der Waals surface area (Å²) in [5.74, 6) is -1.16. The van der Waals surface area contributed by atoms with Gasteiger partial charge in [-0.25, -0.2) is 9.59 Å². The summed E-state index contributed by atoms with van der Waals surface area (Å²) in [7, 11) is 0. The third-order valence-electron chi connectivity index (χ3n) is 14.3. The number of piperidine rings is 1. The van der Waals surface area contributed by atoms with Crippen LogP contribution in [-0.2, 0) is 10.0 Å². The largest absolute Gasteiger partial charge is 0.478 e. The lowest BCUT2D eigenvalue weighted by atomic mass is 9.74. The van der Waals surface area contributed by atoms with E-state index in [1.807, 2.05) is 37.5 Å². The number of thioether (sulfide) groups is 12. The first-order valence-corrected chi connectivity index (χ1v) is 35.1. The lowest BCUT2D eigenvalue weighted by Gasteiger charge is -2.50. The van der Waals surface area contributed by atoms with Gasteiger partial charge in [-0.3, -0.25) is 9.59 Å². The Kier molecular flexibility index (Phi) is 14.2. The predicted molar refractivity (Wildman–Crippen MR) is 324 cm³/mol. The van der Waals surface area contributed by atoms with Crippen molar-refractivity contribution in [2.75, 3.05) is 26.2 Å². The number of carbonyl (C=O) groups is 4. The summed E-state index contributed by atoms with van der Waals surface area (Å²) in [5, 5.41) is 37.0. The number of piperazine rings is 1. The van der Waals surface area contributed by atoms with Crippen molar-refractivity contribution < 1.29 is 34.6 Å². The van der Waals surface area contributed by atoms with E-state index >= 15 is 4.79 Å². The predicted octanol–water partition coefficient (Wildman–Crippen LogP) is 16.6. The van der Waals surface area contributed by atoms with Crippen LogP contribution in [0.4, 0.5) is 0 Å². The molecule has 3 aromatic carbocycles. The molecule has 408 valence electrons. The molecule has 3 aromatic rings. The second-order valence-corrected chi connectivity index (χ2v) is 45.6. The molecule has 0 spiro atoms. The highest BCUT2D eigenvalue weighted by Crippen LogP contribution is 2.75. The fraction of sp³-hybridized carbons (Fsp3) is 0.574. The zero-order chi connectivity index (χ0) is 55.3. The van der Waals surface area contributed by atoms with Gasteiger partial charge in [-0.2, -0.15) is 0 Å². The van der Waals surface area contributed by atoms with E-state index in [9.17, 15) is 29.8 Å². The Morgan fingerprint density at radius 1 is 0.368 bits per heavy atom. The summed E-state index contributed by atoms with van der Waals surface area (Å²) in [6.45, 7) is 35.5. The molecule has 10 nitrogen and oxygen atoms in total. The van der Waals surface area contributed by atoms with Gasteiger partial charge in [0.05, 0.1) is 47.1 Å². The minimum Gasteiger partial charge on any atom is -0.478 e. The van der Waals surface area contributed by atoms with E-state index in [1.165, 1.54) is 0 Å². The molecule has 2 saturated heterocycles. The molecule has 2 amide bonds. The average molecular weight is 1250 g/mol. The van der Waals surface area contributed by atoms with Crippen molar-refractivity contribution in [3.63, 3.8) is 0 Å². The van der Waals surface area contributed by atoms with Crippen LogP contribution >= 0.6 is 141 Å². The molecule has 8 heterocycles. The summed E-state index contributed by atoms with van der Waals surface area (Å²) in [5.41, 5.74) is 3.10. The molecule has 0 bridgehead atoms. The first-order valence-electron chi connectivity index (χ1n) is 25.3. The van der Waals surface area contributed by atoms with Gasteiger partial charge in [0.15, 0.2) is 0 Å². The number of hydroxylamine groups is 2. The highest BCUT2D eigenvalue weighted by Gasteiger charge is 2.55. The number of benzene rings is 3. The third-order valence-corrected chi connectivity index (χ3v) is 31.4. The highest BCUT2D eigenvalue weighted by molar-refractivity contribution is 8.23. The van der Waals surface area contributed by atoms with Crippen LogP contribution in [0.1, 0.15) is 171 Å². The van der Waals surface area contributed by atoms with Crippen LogP contribution in [0.15, 0.2) is 58.7 Å². The highest BCUT2D eigenvalue weighted by atomic mass is 32.2. The molecule has 8 aliphatic heterocycles. The van der Waals surface area contributed by atoms with Crippen molar-refractivity contribution >= 4 is 165 Å². The Morgan fingerprint density at radius 3 is 0.842 bits per heavy atom. The van der Waals surface area contributed by atoms with E-state index < -0.39 is 47.5 Å². The number of carbonyl (C=O) groups excluding carboxylic acids is 2. The standard InChI is InChI=1S/C54H63N3O7S12/c1-47(2)21-23(22-48(3,4)57(47)64)43(58)55-17-19-56(20-18-55)44(59)28-37-31(65-49(5,6)71-37)25(32-38(28)72-50(7,8)66-32)24(26-33-39(73-51(9,10)67-33)29(45(60)61)40-34(26)68-52(11,12)74-40)27-35-41(75-53(13,14)69-35)30(46(62)63)42-36(27)70-54(15,16)76-42/h23H,17-22H2,1-16H3,(H,60,61)(H,62,63). The maximum Gasteiger partial charge on any atom is 0.338 e. The van der Waals surface area contributed by atoms with Gasteiger partial charge in [-0.1, -0.05) is 0 Å². The zero-order valence-electron chi connectivity index (χ0n) is 45.5. The Hall–Kier alpha value is -0.340. The molecule has 22 heteroatoms. The third kappa shape index (κ3) is 9.76. The second kappa shape index (κ2) is 18.8. The fourth-order valence-electron chi connectivity index (χ4n) is 11.8. The topological polar surface area (TPSA) is 138 Å². The van der Waals surface area contributed by atoms with Crippen LogP contribution in [0.3, 0.4) is 0 Å². The number of carboxylic acid groups (broad SMARTS) is 2. The minimum absolute atomic E-state index is 0.0451. The van der Waals surface area contributed by atoms with Gasteiger partial charge in [0.1, 0.15) is 0 Å². The molecule has 0 aliphatic carbocycles. The Balaban J connectivity index is 1.16. The van der Waals surface area contributed by atoms with Crippen molar-refractivity contribution in [1.82, 2.24) is 14.9 Å². The number of hydrogen-bond donors (Lipinski definition) is 2. The zero-order valence-corrected chi connectivity index (χ0v) is 55.3. The van der Waals surface area contributed by atoms with Crippen LogP contribution in [0, 0.1) is 11.8 Å². The molecule has 2 fully saturated rings. The van der Waals surface area contributed by atoms with Gasteiger partial charge in [0.2, 0.25) is 5.91 Å². The summed E-state index contributed by atoms with van der Waals surface area (Å²) in [4.78, 5) is 72.3. The van der Waals surface area contributed by atoms with Crippen LogP contribution in [0.25, 0.3) is 0 Å². The second-order valence-electron chi connectivity index (χ2n) is 24.5. The van der Waals surface area contributed by atoms with E-state index in [2.05, 4.69) is 83.1 Å². The number of amides is 2. The van der Waals surface area contributed by atoms with Crippen LogP contribution in [0.5, 0.6) is 0 Å². The monoisotopic (exact) mass is 1250 g/mol. The van der Waals surface area contributed by atoms with Crippen LogP contribution in [0.2, 0.25) is 0 Å².